The molecular formula is C13H20O2SSi. The molecule has 0 radical (unpaired) electrons. The summed E-state index contributed by atoms with van der Waals surface area (Å²) in [5.74, 6) is 0. The Kier molecular flexibility index (Phi) is 5.81. The van der Waals surface area contributed by atoms with E-state index in [0.29, 0.717) is 6.42 Å². The van der Waals surface area contributed by atoms with E-state index in [0.717, 1.165) is 9.99 Å². The van der Waals surface area contributed by atoms with Gasteiger partial charge in [0.1, 0.15) is 5.09 Å². The van der Waals surface area contributed by atoms with Crippen LogP contribution in [-0.4, -0.2) is 20.0 Å². The van der Waals surface area contributed by atoms with E-state index in [1.807, 2.05) is 24.3 Å². The van der Waals surface area contributed by atoms with Crippen molar-refractivity contribution in [1.82, 2.24) is 0 Å². The lowest BCUT2D eigenvalue weighted by Crippen LogP contribution is -2.24. The van der Waals surface area contributed by atoms with Gasteiger partial charge in [-0.05, 0) is 44.3 Å². The first-order chi connectivity index (χ1) is 8.01. The van der Waals surface area contributed by atoms with E-state index >= 15 is 0 Å². The fourth-order valence-corrected chi connectivity index (χ4v) is 3.52. The van der Waals surface area contributed by atoms with Crippen LogP contribution in [0, 0.1) is 0 Å². The third kappa shape index (κ3) is 6.56. The first-order valence-electron chi connectivity index (χ1n) is 5.74. The van der Waals surface area contributed by atoms with E-state index in [4.69, 9.17) is 9.53 Å². The Morgan fingerprint density at radius 1 is 1.29 bits per heavy atom. The molecule has 0 aliphatic carbocycles. The van der Waals surface area contributed by atoms with Gasteiger partial charge in [0.15, 0.2) is 0 Å². The van der Waals surface area contributed by atoms with Gasteiger partial charge in [-0.25, -0.2) is 0 Å². The van der Waals surface area contributed by atoms with Gasteiger partial charge in [-0.15, -0.1) is 0 Å². The number of aliphatic hydroxyl groups is 1. The lowest BCUT2D eigenvalue weighted by atomic mass is 10.4. The SMILES string of the molecule is C[Si](C)(C)OC(=CCCO)Sc1ccccc1. The average Bonchev–Trinajstić information content (AvgIpc) is 2.25. The van der Waals surface area contributed by atoms with Crippen molar-refractivity contribution in [3.05, 3.63) is 41.5 Å². The highest BCUT2D eigenvalue weighted by Crippen LogP contribution is 2.29. The first kappa shape index (κ1) is 14.3. The van der Waals surface area contributed by atoms with Crippen molar-refractivity contribution in [3.8, 4) is 0 Å². The summed E-state index contributed by atoms with van der Waals surface area (Å²) in [6.45, 7) is 6.63. The van der Waals surface area contributed by atoms with E-state index in [2.05, 4.69) is 31.8 Å². The number of hydrogen-bond donors (Lipinski definition) is 1. The third-order valence-electron chi connectivity index (χ3n) is 1.81. The first-order valence-corrected chi connectivity index (χ1v) is 9.97. The van der Waals surface area contributed by atoms with E-state index in [9.17, 15) is 0 Å². The Hall–Kier alpha value is -0.713. The lowest BCUT2D eigenvalue weighted by Gasteiger charge is -2.21. The second-order valence-electron chi connectivity index (χ2n) is 4.66. The van der Waals surface area contributed by atoms with Crippen molar-refractivity contribution in [2.45, 2.75) is 31.0 Å². The molecule has 0 fully saturated rings. The van der Waals surface area contributed by atoms with Gasteiger partial charge in [-0.3, -0.25) is 0 Å². The van der Waals surface area contributed by atoms with Gasteiger partial charge in [0.2, 0.25) is 8.32 Å². The smallest absolute Gasteiger partial charge is 0.242 e. The van der Waals surface area contributed by atoms with E-state index in [1.54, 1.807) is 11.8 Å². The predicted molar refractivity (Wildman–Crippen MR) is 76.5 cm³/mol. The van der Waals surface area contributed by atoms with Gasteiger partial charge >= 0.3 is 0 Å². The number of rotatable bonds is 6. The maximum Gasteiger partial charge on any atom is 0.242 e. The molecule has 0 spiro atoms. The van der Waals surface area contributed by atoms with Crippen molar-refractivity contribution >= 4 is 20.1 Å². The van der Waals surface area contributed by atoms with Gasteiger partial charge in [-0.1, -0.05) is 30.0 Å². The lowest BCUT2D eigenvalue weighted by molar-refractivity contribution is 0.301. The monoisotopic (exact) mass is 268 g/mol. The van der Waals surface area contributed by atoms with Crippen LogP contribution < -0.4 is 0 Å². The highest BCUT2D eigenvalue weighted by Gasteiger charge is 2.18. The minimum absolute atomic E-state index is 0.161. The molecule has 4 heteroatoms. The summed E-state index contributed by atoms with van der Waals surface area (Å²) in [5, 5.41) is 9.79. The zero-order valence-corrected chi connectivity index (χ0v) is 12.5. The van der Waals surface area contributed by atoms with Gasteiger partial charge < -0.3 is 9.53 Å². The summed E-state index contributed by atoms with van der Waals surface area (Å²) in [6, 6.07) is 10.2. The minimum Gasteiger partial charge on any atom is -0.540 e. The maximum atomic E-state index is 8.88. The highest BCUT2D eigenvalue weighted by molar-refractivity contribution is 8.03. The highest BCUT2D eigenvalue weighted by atomic mass is 32.2. The molecule has 0 atom stereocenters. The Morgan fingerprint density at radius 2 is 1.94 bits per heavy atom. The molecule has 0 aliphatic heterocycles. The van der Waals surface area contributed by atoms with Gasteiger partial charge in [0.05, 0.1) is 0 Å². The Labute approximate surface area is 109 Å². The number of benzene rings is 1. The van der Waals surface area contributed by atoms with Crippen molar-refractivity contribution in [3.63, 3.8) is 0 Å². The van der Waals surface area contributed by atoms with Crippen LogP contribution in [0.4, 0.5) is 0 Å². The fraction of sp³-hybridized carbons (Fsp3) is 0.385. The minimum atomic E-state index is -1.59. The summed E-state index contributed by atoms with van der Waals surface area (Å²) in [6.07, 6.45) is 2.61. The van der Waals surface area contributed by atoms with Crippen LogP contribution in [-0.2, 0) is 4.43 Å². The Bertz CT molecular complexity index is 357. The van der Waals surface area contributed by atoms with Crippen molar-refractivity contribution in [2.24, 2.45) is 0 Å². The van der Waals surface area contributed by atoms with E-state index in [-0.39, 0.29) is 6.61 Å². The van der Waals surface area contributed by atoms with Crippen LogP contribution in [0.1, 0.15) is 6.42 Å². The molecule has 17 heavy (non-hydrogen) atoms. The predicted octanol–water partition coefficient (Wildman–Crippen LogP) is 3.85. The molecule has 0 amide bonds. The number of thioether (sulfide) groups is 1. The molecule has 1 N–H and O–H groups in total. The molecule has 0 bridgehead atoms. The summed E-state index contributed by atoms with van der Waals surface area (Å²) >= 11 is 1.62. The topological polar surface area (TPSA) is 29.5 Å². The van der Waals surface area contributed by atoms with Crippen LogP contribution in [0.25, 0.3) is 0 Å². The molecule has 94 valence electrons. The van der Waals surface area contributed by atoms with Crippen LogP contribution in [0.15, 0.2) is 46.4 Å². The number of aliphatic hydroxyl groups excluding tert-OH is 1. The Morgan fingerprint density at radius 3 is 2.47 bits per heavy atom. The molecule has 1 rings (SSSR count). The fourth-order valence-electron chi connectivity index (χ4n) is 1.19. The summed E-state index contributed by atoms with van der Waals surface area (Å²) < 4.78 is 6.00. The average molecular weight is 268 g/mol. The maximum absolute atomic E-state index is 8.88. The summed E-state index contributed by atoms with van der Waals surface area (Å²) in [4.78, 5) is 1.16. The molecule has 0 heterocycles. The second kappa shape index (κ2) is 6.89. The van der Waals surface area contributed by atoms with E-state index < -0.39 is 8.32 Å². The molecule has 2 nitrogen and oxygen atoms in total. The largest absolute Gasteiger partial charge is 0.540 e. The molecule has 1 aromatic carbocycles. The van der Waals surface area contributed by atoms with Crippen LogP contribution in [0.3, 0.4) is 0 Å². The van der Waals surface area contributed by atoms with Crippen LogP contribution in [0.2, 0.25) is 19.6 Å². The molecule has 0 saturated heterocycles. The van der Waals surface area contributed by atoms with Crippen LogP contribution in [0.5, 0.6) is 0 Å². The van der Waals surface area contributed by atoms with Crippen LogP contribution >= 0.6 is 11.8 Å². The molecule has 0 aliphatic rings. The second-order valence-corrected chi connectivity index (χ2v) is 10.2. The molecule has 0 unspecified atom stereocenters. The summed E-state index contributed by atoms with van der Waals surface area (Å²) in [5.41, 5.74) is 0. The van der Waals surface area contributed by atoms with E-state index in [1.165, 1.54) is 0 Å². The normalized spacial score (nSPS) is 12.6. The van der Waals surface area contributed by atoms with Crippen molar-refractivity contribution < 1.29 is 9.53 Å². The summed E-state index contributed by atoms with van der Waals surface area (Å²) in [7, 11) is -1.59. The zero-order chi connectivity index (χ0) is 12.7. The standard InChI is InChI=1S/C13H20O2SSi/c1-17(2,3)15-13(10-7-11-14)16-12-8-5-4-6-9-12/h4-6,8-10,14H,7,11H2,1-3H3. The Balaban J connectivity index is 2.71. The quantitative estimate of drug-likeness (QED) is 0.483. The van der Waals surface area contributed by atoms with Crippen molar-refractivity contribution in [2.75, 3.05) is 6.61 Å². The number of hydrogen-bond acceptors (Lipinski definition) is 3. The van der Waals surface area contributed by atoms with Gasteiger partial charge in [0.25, 0.3) is 0 Å². The van der Waals surface area contributed by atoms with Gasteiger partial charge in [-0.2, -0.15) is 0 Å². The van der Waals surface area contributed by atoms with Crippen molar-refractivity contribution in [1.29, 1.82) is 0 Å². The molecule has 1 aromatic rings. The van der Waals surface area contributed by atoms with Gasteiger partial charge in [0, 0.05) is 11.5 Å². The molecule has 0 aromatic heterocycles. The zero-order valence-electron chi connectivity index (χ0n) is 10.6. The molecular weight excluding hydrogens is 248 g/mol. The third-order valence-corrected chi connectivity index (χ3v) is 3.75. The molecule has 0 saturated carbocycles.